The van der Waals surface area contributed by atoms with E-state index in [-0.39, 0.29) is 29.6 Å². The van der Waals surface area contributed by atoms with Gasteiger partial charge in [0.2, 0.25) is 0 Å². The third-order valence-electron chi connectivity index (χ3n) is 5.63. The molecule has 0 spiro atoms. The van der Waals surface area contributed by atoms with Crippen molar-refractivity contribution < 1.29 is 18.1 Å². The molecule has 0 saturated carbocycles. The Morgan fingerprint density at radius 1 is 1.26 bits per heavy atom. The van der Waals surface area contributed by atoms with E-state index in [9.17, 15) is 13.4 Å². The predicted octanol–water partition coefficient (Wildman–Crippen LogP) is 5.36. The van der Waals surface area contributed by atoms with Gasteiger partial charge in [-0.25, -0.2) is 8.60 Å². The van der Waals surface area contributed by atoms with Crippen molar-refractivity contribution in [2.75, 3.05) is 22.7 Å². The Morgan fingerprint density at radius 3 is 2.60 bits per heavy atom. The van der Waals surface area contributed by atoms with Crippen molar-refractivity contribution in [1.82, 2.24) is 0 Å². The lowest BCUT2D eigenvalue weighted by atomic mass is 9.99. The van der Waals surface area contributed by atoms with Crippen molar-refractivity contribution in [1.29, 1.82) is 0 Å². The number of carbonyl (C=O) groups excluding carboxylic acids is 1. The Balaban J connectivity index is 1.74. The molecule has 3 N–H and O–H groups in total. The van der Waals surface area contributed by atoms with Crippen LogP contribution in [-0.4, -0.2) is 35.3 Å². The van der Waals surface area contributed by atoms with Gasteiger partial charge in [0.15, 0.2) is 5.78 Å². The minimum absolute atomic E-state index is 0.0141. The number of hydrogen-bond acceptors (Lipinski definition) is 5. The molecule has 1 saturated heterocycles. The first-order valence-electron chi connectivity index (χ1n) is 11.4. The lowest BCUT2D eigenvalue weighted by Crippen LogP contribution is -2.45. The number of anilines is 2. The van der Waals surface area contributed by atoms with E-state index in [2.05, 4.69) is 4.72 Å². The van der Waals surface area contributed by atoms with Crippen molar-refractivity contribution in [3.63, 3.8) is 0 Å². The van der Waals surface area contributed by atoms with Gasteiger partial charge in [0.25, 0.3) is 0 Å². The maximum atomic E-state index is 14.9. The summed E-state index contributed by atoms with van der Waals surface area (Å²) in [6, 6.07) is 9.67. The molecule has 0 radical (unpaired) electrons. The summed E-state index contributed by atoms with van der Waals surface area (Å²) >= 11 is 6.13. The summed E-state index contributed by atoms with van der Waals surface area (Å²) in [6.07, 6.45) is 5.17. The molecule has 1 heterocycles. The summed E-state index contributed by atoms with van der Waals surface area (Å²) in [5.74, 6) is -0.540. The first kappa shape index (κ1) is 26.9. The van der Waals surface area contributed by atoms with E-state index in [1.54, 1.807) is 43.3 Å². The Bertz CT molecular complexity index is 1140. The second-order valence-electron chi connectivity index (χ2n) is 8.51. The van der Waals surface area contributed by atoms with E-state index >= 15 is 0 Å². The van der Waals surface area contributed by atoms with Crippen LogP contribution in [0.25, 0.3) is 0 Å². The number of carbonyl (C=O) groups is 1. The number of rotatable bonds is 9. The van der Waals surface area contributed by atoms with Gasteiger partial charge in [-0.05, 0) is 74.9 Å². The van der Waals surface area contributed by atoms with Crippen molar-refractivity contribution in [3.05, 3.63) is 82.3 Å². The lowest BCUT2D eigenvalue weighted by molar-refractivity contribution is -0.00539. The second-order valence-corrected chi connectivity index (χ2v) is 10.1. The molecular formula is C26H31ClFN3O3S. The molecule has 3 rings (SSSR count). The molecule has 2 aromatic carbocycles. The maximum Gasteiger partial charge on any atom is 0.191 e. The molecule has 1 unspecified atom stereocenters. The fourth-order valence-electron chi connectivity index (χ4n) is 4.08. The highest BCUT2D eigenvalue weighted by molar-refractivity contribution is 7.85. The Kier molecular flexibility index (Phi) is 9.48. The highest BCUT2D eigenvalue weighted by Gasteiger charge is 2.24. The molecule has 3 atom stereocenters. The SMILES string of the molecule is C/C=C(\C/C=C\N)C(=O)c1cc(Cl)ccc1NS(=O)Cc1ccc(N2C[C@@H](C)O[C@@H](C)C2)c(F)c1. The summed E-state index contributed by atoms with van der Waals surface area (Å²) in [5.41, 5.74) is 7.73. The summed E-state index contributed by atoms with van der Waals surface area (Å²) in [5, 5.41) is 0.388. The second kappa shape index (κ2) is 12.3. The number of nitrogens with one attached hydrogen (secondary N) is 1. The monoisotopic (exact) mass is 519 g/mol. The number of morpholine rings is 1. The van der Waals surface area contributed by atoms with Crippen LogP contribution >= 0.6 is 11.6 Å². The zero-order chi connectivity index (χ0) is 25.5. The number of nitrogens with two attached hydrogens (primary N) is 1. The number of hydrogen-bond donors (Lipinski definition) is 2. The van der Waals surface area contributed by atoms with Crippen LogP contribution in [-0.2, 0) is 21.5 Å². The van der Waals surface area contributed by atoms with E-state index in [1.165, 1.54) is 18.3 Å². The van der Waals surface area contributed by atoms with Crippen LogP contribution in [0.2, 0.25) is 5.02 Å². The number of ketones is 1. The van der Waals surface area contributed by atoms with Gasteiger partial charge in [-0.3, -0.25) is 4.79 Å². The van der Waals surface area contributed by atoms with Gasteiger partial charge < -0.3 is 20.1 Å². The van der Waals surface area contributed by atoms with E-state index in [0.29, 0.717) is 52.6 Å². The minimum Gasteiger partial charge on any atom is -0.405 e. The molecule has 0 bridgehead atoms. The van der Waals surface area contributed by atoms with Crippen LogP contribution in [0.5, 0.6) is 0 Å². The largest absolute Gasteiger partial charge is 0.405 e. The number of Topliss-reactive ketones (excluding diaryl/α,β-unsaturated/α-hetero) is 1. The molecule has 2 aromatic rings. The Hall–Kier alpha value is -2.68. The molecular weight excluding hydrogens is 489 g/mol. The van der Waals surface area contributed by atoms with Gasteiger partial charge in [-0.1, -0.05) is 29.8 Å². The first-order chi connectivity index (χ1) is 16.7. The highest BCUT2D eigenvalue weighted by Crippen LogP contribution is 2.27. The molecule has 188 valence electrons. The summed E-state index contributed by atoms with van der Waals surface area (Å²) in [7, 11) is -1.61. The fourth-order valence-corrected chi connectivity index (χ4v) is 5.23. The van der Waals surface area contributed by atoms with Gasteiger partial charge in [-0.2, -0.15) is 0 Å². The molecule has 6 nitrogen and oxygen atoms in total. The number of allylic oxidation sites excluding steroid dienone is 3. The maximum absolute atomic E-state index is 14.9. The molecule has 9 heteroatoms. The first-order valence-corrected chi connectivity index (χ1v) is 13.1. The summed E-state index contributed by atoms with van der Waals surface area (Å²) in [6.45, 7) is 6.92. The van der Waals surface area contributed by atoms with Crippen LogP contribution in [0.15, 0.2) is 60.3 Å². The van der Waals surface area contributed by atoms with Crippen LogP contribution in [0.3, 0.4) is 0 Å². The quantitative estimate of drug-likeness (QED) is 0.344. The number of benzene rings is 2. The molecule has 35 heavy (non-hydrogen) atoms. The van der Waals surface area contributed by atoms with Gasteiger partial charge in [0.1, 0.15) is 16.8 Å². The molecule has 0 aromatic heterocycles. The molecule has 1 aliphatic heterocycles. The third kappa shape index (κ3) is 7.16. The standard InChI is InChI=1S/C26H31ClFN3O3S/c1-4-20(6-5-11-29)26(32)22-13-21(27)8-9-24(22)30-35(33)16-19-7-10-25(23(28)12-19)31-14-17(2)34-18(3)15-31/h4-5,7-13,17-18,30H,6,14-16,29H2,1-3H3/b11-5-,20-4+/t17-,18+,35?. The van der Waals surface area contributed by atoms with Crippen LogP contribution in [0, 0.1) is 5.82 Å². The Labute approximate surface area is 213 Å². The van der Waals surface area contributed by atoms with Crippen molar-refractivity contribution in [2.24, 2.45) is 5.73 Å². The lowest BCUT2D eigenvalue weighted by Gasteiger charge is -2.37. The third-order valence-corrected chi connectivity index (χ3v) is 6.91. The molecule has 1 fully saturated rings. The number of ether oxygens (including phenoxy) is 1. The number of halogens is 2. The highest BCUT2D eigenvalue weighted by atomic mass is 35.5. The van der Waals surface area contributed by atoms with E-state index in [0.717, 1.165) is 0 Å². The molecule has 0 amide bonds. The molecule has 1 aliphatic rings. The normalized spacial score (nSPS) is 19.7. The predicted molar refractivity (Wildman–Crippen MR) is 142 cm³/mol. The van der Waals surface area contributed by atoms with Gasteiger partial charge >= 0.3 is 0 Å². The summed E-state index contributed by atoms with van der Waals surface area (Å²) in [4.78, 5) is 15.0. The van der Waals surface area contributed by atoms with E-state index in [1.807, 2.05) is 18.7 Å². The minimum atomic E-state index is -1.61. The number of nitrogens with zero attached hydrogens (tertiary/aromatic N) is 1. The van der Waals surface area contributed by atoms with Crippen molar-refractivity contribution >= 4 is 39.7 Å². The average Bonchev–Trinajstić information content (AvgIpc) is 2.80. The van der Waals surface area contributed by atoms with Gasteiger partial charge in [0, 0.05) is 23.7 Å². The van der Waals surface area contributed by atoms with Crippen LogP contribution in [0.1, 0.15) is 43.1 Å². The average molecular weight is 520 g/mol. The van der Waals surface area contributed by atoms with E-state index in [4.69, 9.17) is 22.1 Å². The Morgan fingerprint density at radius 2 is 1.97 bits per heavy atom. The zero-order valence-corrected chi connectivity index (χ0v) is 21.7. The topological polar surface area (TPSA) is 84.7 Å². The van der Waals surface area contributed by atoms with Crippen molar-refractivity contribution in [2.45, 2.75) is 45.2 Å². The smallest absolute Gasteiger partial charge is 0.191 e. The van der Waals surface area contributed by atoms with Gasteiger partial charge in [0.05, 0.1) is 29.3 Å². The molecule has 0 aliphatic carbocycles. The van der Waals surface area contributed by atoms with Gasteiger partial charge in [-0.15, -0.1) is 0 Å². The fraction of sp³-hybridized carbons (Fsp3) is 0.346. The summed E-state index contributed by atoms with van der Waals surface area (Å²) < 4.78 is 36.4. The van der Waals surface area contributed by atoms with E-state index < -0.39 is 11.0 Å². The van der Waals surface area contributed by atoms with Crippen molar-refractivity contribution in [3.8, 4) is 0 Å². The zero-order valence-electron chi connectivity index (χ0n) is 20.1. The van der Waals surface area contributed by atoms with Crippen LogP contribution in [0.4, 0.5) is 15.8 Å². The van der Waals surface area contributed by atoms with Crippen LogP contribution < -0.4 is 15.4 Å².